The van der Waals surface area contributed by atoms with Gasteiger partial charge in [-0.15, -0.1) is 6.42 Å². The van der Waals surface area contributed by atoms with Gasteiger partial charge >= 0.3 is 5.97 Å². The number of terminal acetylenes is 1. The van der Waals surface area contributed by atoms with E-state index in [9.17, 15) is 14.4 Å². The molecule has 2 aliphatic heterocycles. The summed E-state index contributed by atoms with van der Waals surface area (Å²) >= 11 is 0. The van der Waals surface area contributed by atoms with Gasteiger partial charge in [-0.05, 0) is 17.2 Å². The molecule has 1 spiro atoms. The van der Waals surface area contributed by atoms with Gasteiger partial charge in [0.2, 0.25) is 12.1 Å². The van der Waals surface area contributed by atoms with Crippen molar-refractivity contribution >= 4 is 17.8 Å². The van der Waals surface area contributed by atoms with E-state index in [1.165, 1.54) is 16.7 Å². The van der Waals surface area contributed by atoms with Crippen LogP contribution in [0, 0.1) is 12.3 Å². The van der Waals surface area contributed by atoms with Gasteiger partial charge in [-0.25, -0.2) is 0 Å². The summed E-state index contributed by atoms with van der Waals surface area (Å²) < 4.78 is 5.69. The molecule has 6 heteroatoms. The van der Waals surface area contributed by atoms with Crippen molar-refractivity contribution in [2.45, 2.75) is 31.7 Å². The largest absolute Gasteiger partial charge is 0.439 e. The van der Waals surface area contributed by atoms with Gasteiger partial charge in [0.05, 0.1) is 13.0 Å². The van der Waals surface area contributed by atoms with E-state index in [0.29, 0.717) is 11.1 Å². The molecule has 0 aliphatic carbocycles. The maximum atomic E-state index is 13.1. The molecule has 1 saturated heterocycles. The number of benzene rings is 2. The zero-order valence-corrected chi connectivity index (χ0v) is 16.0. The predicted molar refractivity (Wildman–Crippen MR) is 105 cm³/mol. The van der Waals surface area contributed by atoms with E-state index in [4.69, 9.17) is 11.2 Å². The molecule has 0 N–H and O–H groups in total. The van der Waals surface area contributed by atoms with Crippen molar-refractivity contribution in [1.82, 2.24) is 9.80 Å². The van der Waals surface area contributed by atoms with Crippen LogP contribution in [0.2, 0.25) is 0 Å². The lowest BCUT2D eigenvalue weighted by atomic mass is 9.86. The number of nitrogens with zero attached hydrogens (tertiary/aromatic N) is 2. The third-order valence-electron chi connectivity index (χ3n) is 5.51. The summed E-state index contributed by atoms with van der Waals surface area (Å²) in [5.74, 6) is 1.52. The van der Waals surface area contributed by atoms with Gasteiger partial charge < -0.3 is 14.5 Å². The van der Waals surface area contributed by atoms with E-state index in [-0.39, 0.29) is 31.3 Å². The molecule has 0 radical (unpaired) electrons. The monoisotopic (exact) mass is 388 g/mol. The second-order valence-electron chi connectivity index (χ2n) is 7.21. The van der Waals surface area contributed by atoms with Crippen LogP contribution in [0.1, 0.15) is 34.8 Å². The average Bonchev–Trinajstić information content (AvgIpc) is 3.11. The molecule has 6 nitrogen and oxygen atoms in total. The third-order valence-corrected chi connectivity index (χ3v) is 5.51. The molecule has 1 fully saturated rings. The first-order valence-electron chi connectivity index (χ1n) is 9.34. The third kappa shape index (κ3) is 2.87. The van der Waals surface area contributed by atoms with E-state index in [2.05, 4.69) is 5.92 Å². The van der Waals surface area contributed by atoms with Gasteiger partial charge in [0.25, 0.3) is 5.91 Å². The Morgan fingerprint density at radius 1 is 1.17 bits per heavy atom. The van der Waals surface area contributed by atoms with Crippen LogP contribution in [0.15, 0.2) is 54.6 Å². The average molecular weight is 388 g/mol. The van der Waals surface area contributed by atoms with Crippen LogP contribution in [0.25, 0.3) is 0 Å². The highest BCUT2D eigenvalue weighted by Gasteiger charge is 2.63. The van der Waals surface area contributed by atoms with E-state index in [1.54, 1.807) is 18.2 Å². The van der Waals surface area contributed by atoms with Crippen LogP contribution < -0.4 is 0 Å². The summed E-state index contributed by atoms with van der Waals surface area (Å²) in [6, 6.07) is 16.5. The Morgan fingerprint density at radius 2 is 1.86 bits per heavy atom. The molecule has 2 aliphatic rings. The fourth-order valence-electron chi connectivity index (χ4n) is 4.36. The van der Waals surface area contributed by atoms with Crippen molar-refractivity contribution in [3.05, 3.63) is 71.3 Å². The number of ether oxygens (including phenoxy) is 1. The van der Waals surface area contributed by atoms with Crippen LogP contribution >= 0.6 is 0 Å². The first-order valence-corrected chi connectivity index (χ1v) is 9.34. The van der Waals surface area contributed by atoms with E-state index in [0.717, 1.165) is 5.56 Å². The number of hydrogen-bond donors (Lipinski definition) is 0. The minimum Gasteiger partial charge on any atom is -0.439 e. The van der Waals surface area contributed by atoms with Crippen molar-refractivity contribution < 1.29 is 19.1 Å². The maximum absolute atomic E-state index is 13.1. The highest BCUT2D eigenvalue weighted by atomic mass is 16.6. The molecule has 0 bridgehead atoms. The molecule has 2 heterocycles. The molecule has 2 atom stereocenters. The molecule has 2 aromatic carbocycles. The lowest BCUT2D eigenvalue weighted by Crippen LogP contribution is -2.54. The van der Waals surface area contributed by atoms with Crippen molar-refractivity contribution in [3.8, 4) is 12.3 Å². The zero-order chi connectivity index (χ0) is 20.6. The molecular weight excluding hydrogens is 368 g/mol. The molecule has 4 rings (SSSR count). The Kier molecular flexibility index (Phi) is 4.59. The van der Waals surface area contributed by atoms with Crippen LogP contribution in [0.3, 0.4) is 0 Å². The molecule has 146 valence electrons. The maximum Gasteiger partial charge on any atom is 0.304 e. The highest BCUT2D eigenvalue weighted by Crippen LogP contribution is 2.50. The fourth-order valence-corrected chi connectivity index (χ4v) is 4.36. The molecular formula is C23H20N2O4. The summed E-state index contributed by atoms with van der Waals surface area (Å²) in [4.78, 5) is 41.3. The fraction of sp³-hybridized carbons (Fsp3) is 0.261. The second-order valence-corrected chi connectivity index (χ2v) is 7.21. The summed E-state index contributed by atoms with van der Waals surface area (Å²) in [5, 5.41) is 0. The molecule has 0 aromatic heterocycles. The Hall–Kier alpha value is -3.59. The Bertz CT molecular complexity index is 1030. The van der Waals surface area contributed by atoms with Gasteiger partial charge in [-0.1, -0.05) is 54.5 Å². The Morgan fingerprint density at radius 3 is 2.55 bits per heavy atom. The molecule has 2 aromatic rings. The standard InChI is InChI=1S/C23H20N2O4/c1-3-13-25-21(28)18-11-7-8-12-19(18)23(25)14-20(27)24(22(23)29-16(2)26)15-17-9-5-4-6-10-17/h1,4-12,22H,13-15H2,2H3/t22-,23-/m0/s1. The minimum atomic E-state index is -1.14. The minimum absolute atomic E-state index is 0.00220. The number of carbonyl (C=O) groups is 3. The summed E-state index contributed by atoms with van der Waals surface area (Å²) in [6.07, 6.45) is 4.58. The van der Waals surface area contributed by atoms with Crippen molar-refractivity contribution in [2.75, 3.05) is 6.54 Å². The van der Waals surface area contributed by atoms with Crippen LogP contribution in [0.5, 0.6) is 0 Å². The Labute approximate surface area is 169 Å². The van der Waals surface area contributed by atoms with Crippen molar-refractivity contribution in [1.29, 1.82) is 0 Å². The van der Waals surface area contributed by atoms with Gasteiger partial charge in [0.1, 0.15) is 5.54 Å². The van der Waals surface area contributed by atoms with Crippen molar-refractivity contribution in [3.63, 3.8) is 0 Å². The number of hydrogen-bond acceptors (Lipinski definition) is 4. The van der Waals surface area contributed by atoms with E-state index < -0.39 is 17.7 Å². The van der Waals surface area contributed by atoms with Crippen LogP contribution in [0.4, 0.5) is 0 Å². The molecule has 2 amide bonds. The number of carbonyl (C=O) groups excluding carboxylic acids is 3. The second kappa shape index (κ2) is 7.10. The smallest absolute Gasteiger partial charge is 0.304 e. The van der Waals surface area contributed by atoms with E-state index in [1.807, 2.05) is 36.4 Å². The normalized spacial score (nSPS) is 22.7. The predicted octanol–water partition coefficient (Wildman–Crippen LogP) is 2.29. The first-order chi connectivity index (χ1) is 14.0. The summed E-state index contributed by atoms with van der Waals surface area (Å²) in [5.41, 5.74) is 0.901. The quantitative estimate of drug-likeness (QED) is 0.595. The van der Waals surface area contributed by atoms with Gasteiger partial charge in [0.15, 0.2) is 0 Å². The van der Waals surface area contributed by atoms with Gasteiger partial charge in [-0.3, -0.25) is 14.4 Å². The number of rotatable bonds is 4. The highest BCUT2D eigenvalue weighted by molar-refractivity contribution is 6.02. The van der Waals surface area contributed by atoms with Crippen LogP contribution in [-0.2, 0) is 26.4 Å². The van der Waals surface area contributed by atoms with Gasteiger partial charge in [0, 0.05) is 19.0 Å². The topological polar surface area (TPSA) is 66.9 Å². The first kappa shape index (κ1) is 18.8. The number of esters is 1. The molecule has 0 saturated carbocycles. The van der Waals surface area contributed by atoms with E-state index >= 15 is 0 Å². The lowest BCUT2D eigenvalue weighted by molar-refractivity contribution is -0.167. The summed E-state index contributed by atoms with van der Waals surface area (Å²) in [6.45, 7) is 1.57. The lowest BCUT2D eigenvalue weighted by Gasteiger charge is -2.40. The van der Waals surface area contributed by atoms with Gasteiger partial charge in [-0.2, -0.15) is 0 Å². The number of likely N-dealkylation sites (tertiary alicyclic amines) is 1. The number of fused-ring (bicyclic) bond motifs is 2. The summed E-state index contributed by atoms with van der Waals surface area (Å²) in [7, 11) is 0. The number of amides is 2. The van der Waals surface area contributed by atoms with Crippen molar-refractivity contribution in [2.24, 2.45) is 0 Å². The molecule has 0 unspecified atom stereocenters. The van der Waals surface area contributed by atoms with Crippen LogP contribution in [-0.4, -0.2) is 40.4 Å². The zero-order valence-electron chi connectivity index (χ0n) is 16.0. The Balaban J connectivity index is 1.86. The SMILES string of the molecule is C#CCN1C(=O)c2ccccc2[C@]12CC(=O)N(Cc1ccccc1)[C@H]2OC(C)=O. The molecule has 29 heavy (non-hydrogen) atoms.